The van der Waals surface area contributed by atoms with E-state index < -0.39 is 0 Å². The summed E-state index contributed by atoms with van der Waals surface area (Å²) in [5, 5.41) is 8.81. The van der Waals surface area contributed by atoms with Gasteiger partial charge < -0.3 is 20.9 Å². The summed E-state index contributed by atoms with van der Waals surface area (Å²) in [6, 6.07) is 0.0712. The van der Waals surface area contributed by atoms with Gasteiger partial charge >= 0.3 is 6.03 Å². The quantitative estimate of drug-likeness (QED) is 0.706. The fraction of sp³-hybridized carbons (Fsp3) is 0.867. The minimum Gasteiger partial charge on any atom is -0.341 e. The zero-order chi connectivity index (χ0) is 15.1. The maximum atomic E-state index is 12.1. The second-order valence-corrected chi connectivity index (χ2v) is 6.21. The first-order valence-electron chi connectivity index (χ1n) is 8.15. The molecule has 0 radical (unpaired) electrons. The van der Waals surface area contributed by atoms with Crippen molar-refractivity contribution >= 4 is 24.3 Å². The van der Waals surface area contributed by atoms with Crippen LogP contribution in [0.3, 0.4) is 0 Å². The van der Waals surface area contributed by atoms with Gasteiger partial charge in [-0.05, 0) is 38.8 Å². The smallest absolute Gasteiger partial charge is 0.315 e. The number of carbonyl (C=O) groups is 2. The number of nitrogens with zero attached hydrogens (tertiary/aromatic N) is 1. The molecule has 6 nitrogen and oxygen atoms in total. The number of likely N-dealkylation sites (tertiary alicyclic amines) is 1. The Balaban J connectivity index is 0.00000242. The van der Waals surface area contributed by atoms with Crippen molar-refractivity contribution in [2.75, 3.05) is 33.2 Å². The normalized spacial score (nSPS) is 22.0. The highest BCUT2D eigenvalue weighted by molar-refractivity contribution is 5.85. The van der Waals surface area contributed by atoms with Gasteiger partial charge in [-0.15, -0.1) is 12.4 Å². The molecule has 1 saturated heterocycles. The van der Waals surface area contributed by atoms with Crippen LogP contribution in [0.2, 0.25) is 0 Å². The summed E-state index contributed by atoms with van der Waals surface area (Å²) in [5.74, 6) is 0.558. The standard InChI is InChI=1S/C15H28N4O2.ClH/c1-16-9-12-7-8-19(11-12)14(20)10-17-15(21)18-13-5-3-2-4-6-13;/h12-13,16H,2-11H2,1H3,(H2,17,18,21);1H. The molecule has 1 unspecified atom stereocenters. The topological polar surface area (TPSA) is 73.5 Å². The number of urea groups is 1. The molecular formula is C15H29ClN4O2. The summed E-state index contributed by atoms with van der Waals surface area (Å²) >= 11 is 0. The van der Waals surface area contributed by atoms with Crippen molar-refractivity contribution in [1.29, 1.82) is 0 Å². The van der Waals surface area contributed by atoms with E-state index in [0.717, 1.165) is 38.9 Å². The lowest BCUT2D eigenvalue weighted by Gasteiger charge is -2.23. The number of carbonyl (C=O) groups excluding carboxylic acids is 2. The first-order chi connectivity index (χ1) is 10.2. The lowest BCUT2D eigenvalue weighted by molar-refractivity contribution is -0.129. The Kier molecular flexibility index (Phi) is 8.56. The van der Waals surface area contributed by atoms with Crippen LogP contribution in [0.5, 0.6) is 0 Å². The maximum Gasteiger partial charge on any atom is 0.315 e. The van der Waals surface area contributed by atoms with Crippen LogP contribution >= 0.6 is 12.4 Å². The third-order valence-electron chi connectivity index (χ3n) is 4.47. The molecule has 7 heteroatoms. The van der Waals surface area contributed by atoms with Crippen LogP contribution in [-0.4, -0.2) is 56.1 Å². The second-order valence-electron chi connectivity index (χ2n) is 6.21. The number of amides is 3. The van der Waals surface area contributed by atoms with E-state index in [1.807, 2.05) is 11.9 Å². The number of rotatable bonds is 5. The molecule has 0 bridgehead atoms. The molecule has 1 saturated carbocycles. The summed E-state index contributed by atoms with van der Waals surface area (Å²) in [5.41, 5.74) is 0. The minimum atomic E-state index is -0.207. The van der Waals surface area contributed by atoms with E-state index in [9.17, 15) is 9.59 Å². The van der Waals surface area contributed by atoms with Crippen LogP contribution in [0.15, 0.2) is 0 Å². The summed E-state index contributed by atoms with van der Waals surface area (Å²) in [6.07, 6.45) is 6.79. The van der Waals surface area contributed by atoms with Crippen molar-refractivity contribution in [3.63, 3.8) is 0 Å². The molecule has 0 spiro atoms. The highest BCUT2D eigenvalue weighted by Gasteiger charge is 2.25. The highest BCUT2D eigenvalue weighted by Crippen LogP contribution is 2.17. The fourth-order valence-electron chi connectivity index (χ4n) is 3.27. The molecule has 0 aromatic heterocycles. The van der Waals surface area contributed by atoms with Gasteiger partial charge in [0.15, 0.2) is 0 Å². The summed E-state index contributed by atoms with van der Waals surface area (Å²) < 4.78 is 0. The average Bonchev–Trinajstić information content (AvgIpc) is 2.95. The maximum absolute atomic E-state index is 12.1. The van der Waals surface area contributed by atoms with Gasteiger partial charge in [-0.3, -0.25) is 4.79 Å². The molecule has 1 atom stereocenters. The van der Waals surface area contributed by atoms with Crippen LogP contribution in [0.1, 0.15) is 38.5 Å². The van der Waals surface area contributed by atoms with E-state index in [4.69, 9.17) is 0 Å². The van der Waals surface area contributed by atoms with Crippen LogP contribution in [0, 0.1) is 5.92 Å². The van der Waals surface area contributed by atoms with Crippen molar-refractivity contribution in [3.05, 3.63) is 0 Å². The number of hydrogen-bond acceptors (Lipinski definition) is 3. The van der Waals surface area contributed by atoms with Crippen molar-refractivity contribution < 1.29 is 9.59 Å². The molecule has 128 valence electrons. The summed E-state index contributed by atoms with van der Waals surface area (Å²) in [6.45, 7) is 2.65. The van der Waals surface area contributed by atoms with E-state index in [0.29, 0.717) is 5.92 Å². The SMILES string of the molecule is CNCC1CCN(C(=O)CNC(=O)NC2CCCCC2)C1.Cl. The Morgan fingerprint density at radius 1 is 1.14 bits per heavy atom. The van der Waals surface area contributed by atoms with E-state index in [1.165, 1.54) is 19.3 Å². The van der Waals surface area contributed by atoms with Gasteiger partial charge in [0.25, 0.3) is 0 Å². The lowest BCUT2D eigenvalue weighted by Crippen LogP contribution is -2.46. The molecule has 3 N–H and O–H groups in total. The average molecular weight is 333 g/mol. The molecule has 3 amide bonds. The molecule has 2 aliphatic rings. The lowest BCUT2D eigenvalue weighted by atomic mass is 9.96. The third kappa shape index (κ3) is 6.01. The van der Waals surface area contributed by atoms with Crippen molar-refractivity contribution in [2.24, 2.45) is 5.92 Å². The van der Waals surface area contributed by atoms with E-state index in [-0.39, 0.29) is 36.9 Å². The van der Waals surface area contributed by atoms with Crippen LogP contribution in [0.25, 0.3) is 0 Å². The third-order valence-corrected chi connectivity index (χ3v) is 4.47. The predicted octanol–water partition coefficient (Wildman–Crippen LogP) is 1.11. The first-order valence-corrected chi connectivity index (χ1v) is 8.15. The van der Waals surface area contributed by atoms with Crippen molar-refractivity contribution in [3.8, 4) is 0 Å². The molecule has 22 heavy (non-hydrogen) atoms. The largest absolute Gasteiger partial charge is 0.341 e. The van der Waals surface area contributed by atoms with Gasteiger partial charge in [0.05, 0.1) is 6.54 Å². The minimum absolute atomic E-state index is 0. The van der Waals surface area contributed by atoms with Crippen molar-refractivity contribution in [2.45, 2.75) is 44.6 Å². The zero-order valence-corrected chi connectivity index (χ0v) is 14.2. The Labute approximate surface area is 139 Å². The number of hydrogen-bond donors (Lipinski definition) is 3. The molecule has 1 aliphatic carbocycles. The number of halogens is 1. The van der Waals surface area contributed by atoms with Crippen LogP contribution < -0.4 is 16.0 Å². The first kappa shape index (κ1) is 19.0. The molecule has 2 rings (SSSR count). The highest BCUT2D eigenvalue weighted by atomic mass is 35.5. The Hall–Kier alpha value is -1.01. The van der Waals surface area contributed by atoms with E-state index in [1.54, 1.807) is 0 Å². The molecule has 2 fully saturated rings. The molecule has 1 aliphatic heterocycles. The molecule has 0 aromatic carbocycles. The van der Waals surface area contributed by atoms with Gasteiger partial charge in [0.1, 0.15) is 0 Å². The second kappa shape index (κ2) is 9.90. The van der Waals surface area contributed by atoms with Crippen LogP contribution in [0.4, 0.5) is 4.79 Å². The van der Waals surface area contributed by atoms with Crippen molar-refractivity contribution in [1.82, 2.24) is 20.9 Å². The summed E-state index contributed by atoms with van der Waals surface area (Å²) in [7, 11) is 1.93. The molecule has 0 aromatic rings. The van der Waals surface area contributed by atoms with Gasteiger partial charge in [-0.25, -0.2) is 4.79 Å². The fourth-order valence-corrected chi connectivity index (χ4v) is 3.27. The Morgan fingerprint density at radius 3 is 2.55 bits per heavy atom. The molecule has 1 heterocycles. The Bertz CT molecular complexity index is 361. The monoisotopic (exact) mass is 332 g/mol. The van der Waals surface area contributed by atoms with Gasteiger partial charge in [0, 0.05) is 19.1 Å². The van der Waals surface area contributed by atoms with Gasteiger partial charge in [0.2, 0.25) is 5.91 Å². The van der Waals surface area contributed by atoms with Gasteiger partial charge in [-0.2, -0.15) is 0 Å². The van der Waals surface area contributed by atoms with Gasteiger partial charge in [-0.1, -0.05) is 19.3 Å². The van der Waals surface area contributed by atoms with E-state index >= 15 is 0 Å². The zero-order valence-electron chi connectivity index (χ0n) is 13.4. The predicted molar refractivity (Wildman–Crippen MR) is 89.3 cm³/mol. The van der Waals surface area contributed by atoms with E-state index in [2.05, 4.69) is 16.0 Å². The Morgan fingerprint density at radius 2 is 1.86 bits per heavy atom. The number of nitrogens with one attached hydrogen (secondary N) is 3. The molecular weight excluding hydrogens is 304 g/mol. The van der Waals surface area contributed by atoms with Crippen LogP contribution in [-0.2, 0) is 4.79 Å². The summed E-state index contributed by atoms with van der Waals surface area (Å²) in [4.78, 5) is 25.7.